The Kier molecular flexibility index (Phi) is 4.16. The van der Waals surface area contributed by atoms with E-state index >= 15 is 0 Å². The summed E-state index contributed by atoms with van der Waals surface area (Å²) >= 11 is 3.03. The van der Waals surface area contributed by atoms with Crippen LogP contribution < -0.4 is 9.08 Å². The number of fused-ring (bicyclic) bond motifs is 4. The van der Waals surface area contributed by atoms with Gasteiger partial charge in [-0.25, -0.2) is 4.98 Å². The van der Waals surface area contributed by atoms with Gasteiger partial charge >= 0.3 is 10.1 Å². The van der Waals surface area contributed by atoms with Gasteiger partial charge in [-0.3, -0.25) is 4.79 Å². The summed E-state index contributed by atoms with van der Waals surface area (Å²) in [4.78, 5) is 18.0. The molecule has 1 aliphatic heterocycles. The molecule has 0 aliphatic carbocycles. The summed E-state index contributed by atoms with van der Waals surface area (Å²) in [6.45, 7) is 3.99. The van der Waals surface area contributed by atoms with E-state index in [9.17, 15) is 13.2 Å². The number of carbonyl (C=O) groups excluding carboxylic acids is 1. The molecule has 29 heavy (non-hydrogen) atoms. The quantitative estimate of drug-likeness (QED) is 0.435. The first-order valence-corrected chi connectivity index (χ1v) is 12.1. The lowest BCUT2D eigenvalue weighted by atomic mass is 10.2. The van der Waals surface area contributed by atoms with Crippen LogP contribution in [0.25, 0.3) is 20.3 Å². The summed E-state index contributed by atoms with van der Waals surface area (Å²) in [6, 6.07) is 8.38. The molecule has 0 bridgehead atoms. The zero-order valence-electron chi connectivity index (χ0n) is 15.6. The van der Waals surface area contributed by atoms with Crippen LogP contribution >= 0.6 is 22.7 Å². The molecule has 1 amide bonds. The van der Waals surface area contributed by atoms with Gasteiger partial charge in [0.25, 0.3) is 0 Å². The van der Waals surface area contributed by atoms with Crippen molar-refractivity contribution in [2.75, 3.05) is 11.4 Å². The highest BCUT2D eigenvalue weighted by atomic mass is 32.2. The average Bonchev–Trinajstić information content (AvgIpc) is 3.37. The van der Waals surface area contributed by atoms with Gasteiger partial charge in [0.1, 0.15) is 4.90 Å². The molecule has 0 saturated heterocycles. The lowest BCUT2D eigenvalue weighted by Gasteiger charge is -2.15. The first-order chi connectivity index (χ1) is 13.8. The van der Waals surface area contributed by atoms with Crippen LogP contribution in [0.5, 0.6) is 5.75 Å². The van der Waals surface area contributed by atoms with Gasteiger partial charge in [0.05, 0.1) is 19.9 Å². The van der Waals surface area contributed by atoms with Crippen molar-refractivity contribution in [3.05, 3.63) is 46.3 Å². The van der Waals surface area contributed by atoms with Crippen LogP contribution in [0.1, 0.15) is 17.5 Å². The van der Waals surface area contributed by atoms with Crippen LogP contribution in [0.4, 0.5) is 5.69 Å². The van der Waals surface area contributed by atoms with Crippen molar-refractivity contribution >= 4 is 64.7 Å². The number of thiophene rings is 1. The van der Waals surface area contributed by atoms with E-state index < -0.39 is 10.1 Å². The van der Waals surface area contributed by atoms with Crippen molar-refractivity contribution < 1.29 is 17.4 Å². The highest BCUT2D eigenvalue weighted by Gasteiger charge is 2.26. The van der Waals surface area contributed by atoms with Gasteiger partial charge in [-0.2, -0.15) is 8.42 Å². The number of thiazole rings is 1. The summed E-state index contributed by atoms with van der Waals surface area (Å²) in [5.41, 5.74) is 2.47. The molecular formula is C20H16N2O4S3. The fourth-order valence-electron chi connectivity index (χ4n) is 3.68. The summed E-state index contributed by atoms with van der Waals surface area (Å²) in [6.07, 6.45) is 0.624. The Hall–Kier alpha value is -2.49. The maximum atomic E-state index is 13.0. The lowest BCUT2D eigenvalue weighted by molar-refractivity contribution is -0.116. The Morgan fingerprint density at radius 3 is 2.86 bits per heavy atom. The number of hydrogen-bond donors (Lipinski definition) is 0. The summed E-state index contributed by atoms with van der Waals surface area (Å²) in [7, 11) is -4.02. The van der Waals surface area contributed by atoms with E-state index in [2.05, 4.69) is 4.98 Å². The zero-order chi connectivity index (χ0) is 20.3. The van der Waals surface area contributed by atoms with E-state index in [0.717, 1.165) is 36.6 Å². The van der Waals surface area contributed by atoms with Crippen LogP contribution in [0.2, 0.25) is 0 Å². The molecule has 0 saturated carbocycles. The normalized spacial score (nSPS) is 13.9. The molecule has 1 aliphatic rings. The molecule has 9 heteroatoms. The first-order valence-electron chi connectivity index (χ1n) is 8.96. The number of aryl methyl sites for hydroxylation is 1. The maximum Gasteiger partial charge on any atom is 0.339 e. The minimum atomic E-state index is -4.02. The predicted molar refractivity (Wildman–Crippen MR) is 116 cm³/mol. The molecule has 5 rings (SSSR count). The molecule has 148 valence electrons. The number of aromatic nitrogens is 1. The zero-order valence-corrected chi connectivity index (χ0v) is 18.1. The van der Waals surface area contributed by atoms with Crippen molar-refractivity contribution in [3.63, 3.8) is 0 Å². The number of carbonyl (C=O) groups is 1. The molecule has 0 radical (unpaired) electrons. The standard InChI is InChI=1S/C20H16N2O4S3/c1-11-21-19-18(28-11)10-17(15-6-8-27-20(15)19)26-29(24,25)14-3-4-16-13(9-14)5-7-22(16)12(2)23/h3-4,6,8-10H,5,7H2,1-2H3. The second-order valence-corrected chi connectivity index (χ2v) is 10.6. The van der Waals surface area contributed by atoms with Crippen LogP contribution in [-0.2, 0) is 21.3 Å². The van der Waals surface area contributed by atoms with Gasteiger partial charge in [0.15, 0.2) is 5.75 Å². The minimum absolute atomic E-state index is 0.0522. The molecule has 4 aromatic rings. The van der Waals surface area contributed by atoms with Crippen molar-refractivity contribution in [2.24, 2.45) is 0 Å². The van der Waals surface area contributed by atoms with Gasteiger partial charge < -0.3 is 9.08 Å². The number of benzene rings is 2. The number of nitrogens with zero attached hydrogens (tertiary/aromatic N) is 2. The Morgan fingerprint density at radius 2 is 2.07 bits per heavy atom. The highest BCUT2D eigenvalue weighted by Crippen LogP contribution is 2.40. The molecule has 0 spiro atoms. The van der Waals surface area contributed by atoms with Crippen molar-refractivity contribution in [1.29, 1.82) is 0 Å². The molecule has 0 unspecified atom stereocenters. The van der Waals surface area contributed by atoms with Crippen molar-refractivity contribution in [3.8, 4) is 5.75 Å². The molecule has 2 aromatic heterocycles. The van der Waals surface area contributed by atoms with E-state index in [-0.39, 0.29) is 10.8 Å². The topological polar surface area (TPSA) is 76.6 Å². The van der Waals surface area contributed by atoms with E-state index in [1.54, 1.807) is 23.1 Å². The Morgan fingerprint density at radius 1 is 1.24 bits per heavy atom. The second kappa shape index (κ2) is 6.51. The van der Waals surface area contributed by atoms with Gasteiger partial charge in [-0.1, -0.05) is 0 Å². The highest BCUT2D eigenvalue weighted by molar-refractivity contribution is 7.87. The van der Waals surface area contributed by atoms with E-state index in [4.69, 9.17) is 4.18 Å². The number of amides is 1. The van der Waals surface area contributed by atoms with E-state index in [1.807, 2.05) is 18.4 Å². The maximum absolute atomic E-state index is 13.0. The molecule has 0 atom stereocenters. The molecule has 0 N–H and O–H groups in total. The molecule has 6 nitrogen and oxygen atoms in total. The average molecular weight is 445 g/mol. The van der Waals surface area contributed by atoms with Gasteiger partial charge in [-0.15, -0.1) is 22.7 Å². The van der Waals surface area contributed by atoms with Crippen molar-refractivity contribution in [1.82, 2.24) is 4.98 Å². The summed E-state index contributed by atoms with van der Waals surface area (Å²) < 4.78 is 33.4. The second-order valence-electron chi connectivity index (χ2n) is 6.87. The van der Waals surface area contributed by atoms with Crippen LogP contribution in [0, 0.1) is 6.92 Å². The SMILES string of the molecule is CC(=O)N1CCc2cc(S(=O)(=O)Oc3cc4sc(C)nc4c4sccc34)ccc21. The molecule has 2 aromatic carbocycles. The van der Waals surface area contributed by atoms with Gasteiger partial charge in [0.2, 0.25) is 5.91 Å². The summed E-state index contributed by atoms with van der Waals surface area (Å²) in [5, 5.41) is 3.56. The Bertz CT molecular complexity index is 1400. The smallest absolute Gasteiger partial charge is 0.339 e. The van der Waals surface area contributed by atoms with E-state index in [1.165, 1.54) is 35.7 Å². The van der Waals surface area contributed by atoms with Gasteiger partial charge in [-0.05, 0) is 48.6 Å². The molecular weight excluding hydrogens is 428 g/mol. The summed E-state index contributed by atoms with van der Waals surface area (Å²) in [5.74, 6) is 0.256. The third-order valence-corrected chi connectivity index (χ3v) is 8.05. The molecule has 3 heterocycles. The fourth-order valence-corrected chi connectivity index (χ4v) is 6.51. The molecule has 0 fully saturated rings. The van der Waals surface area contributed by atoms with Crippen LogP contribution in [0.15, 0.2) is 40.6 Å². The number of anilines is 1. The van der Waals surface area contributed by atoms with E-state index in [0.29, 0.717) is 18.7 Å². The van der Waals surface area contributed by atoms with Gasteiger partial charge in [0, 0.05) is 30.6 Å². The first kappa shape index (κ1) is 18.5. The Labute approximate surface area is 175 Å². The fraction of sp³-hybridized carbons (Fsp3) is 0.200. The van der Waals surface area contributed by atoms with Crippen molar-refractivity contribution in [2.45, 2.75) is 25.2 Å². The largest absolute Gasteiger partial charge is 0.378 e. The third-order valence-electron chi connectivity index (χ3n) is 4.98. The van der Waals surface area contributed by atoms with Crippen LogP contribution in [0.3, 0.4) is 0 Å². The lowest BCUT2D eigenvalue weighted by Crippen LogP contribution is -2.25. The monoisotopic (exact) mass is 444 g/mol. The predicted octanol–water partition coefficient (Wildman–Crippen LogP) is 4.50. The number of hydrogen-bond acceptors (Lipinski definition) is 7. The number of rotatable bonds is 3. The van der Waals surface area contributed by atoms with Crippen LogP contribution in [-0.4, -0.2) is 25.9 Å². The third kappa shape index (κ3) is 3.00. The Balaban J connectivity index is 1.56. The minimum Gasteiger partial charge on any atom is -0.378 e.